The lowest BCUT2D eigenvalue weighted by atomic mass is 10.00. The fraction of sp³-hybridized carbons (Fsp3) is 0.500. The predicted octanol–water partition coefficient (Wildman–Crippen LogP) is 4.05. The molecule has 1 saturated heterocycles. The standard InChI is InChI=1S/C16H21ClN4S/c1-12-5-7-19(8-6-12)11-21-16(22)20(10-18-21)14-4-3-13(2)15(17)9-14/h3-4,9-10,12H,5-8,11H2,1-2H3. The molecule has 1 aromatic heterocycles. The number of hydrogen-bond donors (Lipinski definition) is 0. The molecule has 3 rings (SSSR count). The van der Waals surface area contributed by atoms with Gasteiger partial charge >= 0.3 is 0 Å². The molecule has 2 heterocycles. The smallest absolute Gasteiger partial charge is 0.203 e. The van der Waals surface area contributed by atoms with Crippen LogP contribution < -0.4 is 0 Å². The summed E-state index contributed by atoms with van der Waals surface area (Å²) in [4.78, 5) is 2.41. The minimum absolute atomic E-state index is 0.707. The van der Waals surface area contributed by atoms with Crippen molar-refractivity contribution in [3.05, 3.63) is 39.9 Å². The monoisotopic (exact) mass is 336 g/mol. The van der Waals surface area contributed by atoms with Gasteiger partial charge in [-0.25, -0.2) is 4.68 Å². The molecule has 118 valence electrons. The fourth-order valence-electron chi connectivity index (χ4n) is 2.74. The van der Waals surface area contributed by atoms with Crippen LogP contribution in [0.3, 0.4) is 0 Å². The van der Waals surface area contributed by atoms with Crippen LogP contribution >= 0.6 is 23.8 Å². The Balaban J connectivity index is 1.80. The average Bonchev–Trinajstić information content (AvgIpc) is 2.86. The third-order valence-corrected chi connectivity index (χ3v) is 5.19. The van der Waals surface area contributed by atoms with Crippen molar-refractivity contribution in [3.8, 4) is 5.69 Å². The first-order valence-corrected chi connectivity index (χ1v) is 8.46. The maximum atomic E-state index is 6.21. The summed E-state index contributed by atoms with van der Waals surface area (Å²) in [5.74, 6) is 0.830. The Kier molecular flexibility index (Phi) is 4.66. The Morgan fingerprint density at radius 2 is 2.05 bits per heavy atom. The van der Waals surface area contributed by atoms with Crippen molar-refractivity contribution in [1.29, 1.82) is 0 Å². The first kappa shape index (κ1) is 15.7. The SMILES string of the molecule is Cc1ccc(-n2cnn(CN3CCC(C)CC3)c2=S)cc1Cl. The molecule has 1 aromatic carbocycles. The summed E-state index contributed by atoms with van der Waals surface area (Å²) in [5, 5.41) is 5.20. The predicted molar refractivity (Wildman–Crippen MR) is 92.1 cm³/mol. The minimum Gasteiger partial charge on any atom is -0.284 e. The van der Waals surface area contributed by atoms with Gasteiger partial charge < -0.3 is 0 Å². The molecule has 0 saturated carbocycles. The third kappa shape index (κ3) is 3.26. The van der Waals surface area contributed by atoms with E-state index < -0.39 is 0 Å². The zero-order valence-electron chi connectivity index (χ0n) is 13.0. The van der Waals surface area contributed by atoms with E-state index in [4.69, 9.17) is 23.8 Å². The number of benzene rings is 1. The molecule has 4 nitrogen and oxygen atoms in total. The van der Waals surface area contributed by atoms with E-state index >= 15 is 0 Å². The molecule has 0 N–H and O–H groups in total. The van der Waals surface area contributed by atoms with Crippen molar-refractivity contribution in [1.82, 2.24) is 19.2 Å². The normalized spacial score (nSPS) is 17.0. The van der Waals surface area contributed by atoms with Crippen LogP contribution in [0.25, 0.3) is 5.69 Å². The number of aromatic nitrogens is 3. The van der Waals surface area contributed by atoms with Crippen LogP contribution in [0.1, 0.15) is 25.3 Å². The molecule has 0 spiro atoms. The van der Waals surface area contributed by atoms with Crippen molar-refractivity contribution >= 4 is 23.8 Å². The largest absolute Gasteiger partial charge is 0.284 e. The summed E-state index contributed by atoms with van der Waals surface area (Å²) < 4.78 is 4.50. The van der Waals surface area contributed by atoms with Crippen LogP contribution in [0.2, 0.25) is 5.02 Å². The molecule has 6 heteroatoms. The van der Waals surface area contributed by atoms with Crippen LogP contribution in [-0.4, -0.2) is 32.3 Å². The molecular weight excluding hydrogens is 316 g/mol. The van der Waals surface area contributed by atoms with Gasteiger partial charge in [-0.05, 0) is 55.6 Å². The molecule has 0 radical (unpaired) electrons. The number of rotatable bonds is 3. The molecule has 0 atom stereocenters. The zero-order chi connectivity index (χ0) is 15.7. The van der Waals surface area contributed by atoms with Gasteiger partial charge in [0, 0.05) is 18.1 Å². The maximum Gasteiger partial charge on any atom is 0.203 e. The highest BCUT2D eigenvalue weighted by molar-refractivity contribution is 7.71. The summed E-state index contributed by atoms with van der Waals surface area (Å²) in [6.45, 7) is 7.31. The van der Waals surface area contributed by atoms with Crippen LogP contribution in [0, 0.1) is 17.6 Å². The lowest BCUT2D eigenvalue weighted by molar-refractivity contribution is 0.146. The van der Waals surface area contributed by atoms with Crippen LogP contribution in [0.15, 0.2) is 24.5 Å². The molecule has 22 heavy (non-hydrogen) atoms. The van der Waals surface area contributed by atoms with E-state index in [0.717, 1.165) is 41.9 Å². The molecule has 1 fully saturated rings. The number of nitrogens with zero attached hydrogens (tertiary/aromatic N) is 4. The van der Waals surface area contributed by atoms with Crippen LogP contribution in [0.5, 0.6) is 0 Å². The Bertz CT molecular complexity index is 713. The van der Waals surface area contributed by atoms with Gasteiger partial charge in [0.15, 0.2) is 0 Å². The topological polar surface area (TPSA) is 26.0 Å². The highest BCUT2D eigenvalue weighted by Crippen LogP contribution is 2.20. The number of aryl methyl sites for hydroxylation is 1. The second kappa shape index (κ2) is 6.52. The van der Waals surface area contributed by atoms with Gasteiger partial charge in [0.1, 0.15) is 6.33 Å². The van der Waals surface area contributed by atoms with E-state index in [0.29, 0.717) is 4.77 Å². The summed E-state index contributed by atoms with van der Waals surface area (Å²) in [6.07, 6.45) is 4.28. The molecule has 0 amide bonds. The van der Waals surface area contributed by atoms with Crippen molar-refractivity contribution in [3.63, 3.8) is 0 Å². The number of likely N-dealkylation sites (tertiary alicyclic amines) is 1. The lowest BCUT2D eigenvalue weighted by Crippen LogP contribution is -2.34. The molecule has 0 aliphatic carbocycles. The molecule has 0 bridgehead atoms. The van der Waals surface area contributed by atoms with E-state index in [1.165, 1.54) is 12.8 Å². The van der Waals surface area contributed by atoms with E-state index in [1.54, 1.807) is 6.33 Å². The second-order valence-corrected chi connectivity index (χ2v) is 6.93. The Hall–Kier alpha value is -1.17. The van der Waals surface area contributed by atoms with E-state index in [2.05, 4.69) is 16.9 Å². The molecular formula is C16H21ClN4S. The van der Waals surface area contributed by atoms with Crippen LogP contribution in [0.4, 0.5) is 0 Å². The van der Waals surface area contributed by atoms with Gasteiger partial charge in [0.2, 0.25) is 4.77 Å². The van der Waals surface area contributed by atoms with Crippen LogP contribution in [-0.2, 0) is 6.67 Å². The first-order valence-electron chi connectivity index (χ1n) is 7.68. The summed E-state index contributed by atoms with van der Waals surface area (Å²) in [7, 11) is 0. The van der Waals surface area contributed by atoms with E-state index in [9.17, 15) is 0 Å². The van der Waals surface area contributed by atoms with Gasteiger partial charge in [-0.1, -0.05) is 24.6 Å². The molecule has 2 aromatic rings. The van der Waals surface area contributed by atoms with Crippen molar-refractivity contribution in [2.75, 3.05) is 13.1 Å². The fourth-order valence-corrected chi connectivity index (χ4v) is 3.17. The average molecular weight is 337 g/mol. The van der Waals surface area contributed by atoms with Gasteiger partial charge in [-0.15, -0.1) is 0 Å². The van der Waals surface area contributed by atoms with E-state index in [1.807, 2.05) is 34.4 Å². The van der Waals surface area contributed by atoms with Crippen molar-refractivity contribution < 1.29 is 0 Å². The molecule has 1 aliphatic heterocycles. The Labute approximate surface area is 141 Å². The second-order valence-electron chi connectivity index (χ2n) is 6.16. The quantitative estimate of drug-likeness (QED) is 0.791. The highest BCUT2D eigenvalue weighted by atomic mass is 35.5. The third-order valence-electron chi connectivity index (χ3n) is 4.38. The molecule has 0 unspecified atom stereocenters. The first-order chi connectivity index (χ1) is 10.5. The lowest BCUT2D eigenvalue weighted by Gasteiger charge is -2.29. The zero-order valence-corrected chi connectivity index (χ0v) is 14.6. The van der Waals surface area contributed by atoms with Gasteiger partial charge in [0.05, 0.1) is 12.4 Å². The summed E-state index contributed by atoms with van der Waals surface area (Å²) in [5.41, 5.74) is 2.02. The van der Waals surface area contributed by atoms with Crippen molar-refractivity contribution in [2.45, 2.75) is 33.4 Å². The number of piperidine rings is 1. The number of hydrogen-bond acceptors (Lipinski definition) is 3. The van der Waals surface area contributed by atoms with Gasteiger partial charge in [0.25, 0.3) is 0 Å². The Morgan fingerprint density at radius 1 is 1.32 bits per heavy atom. The summed E-state index contributed by atoms with van der Waals surface area (Å²) in [6, 6.07) is 5.95. The molecule has 1 aliphatic rings. The van der Waals surface area contributed by atoms with E-state index in [-0.39, 0.29) is 0 Å². The minimum atomic E-state index is 0.707. The highest BCUT2D eigenvalue weighted by Gasteiger charge is 2.16. The van der Waals surface area contributed by atoms with Gasteiger partial charge in [-0.3, -0.25) is 9.47 Å². The van der Waals surface area contributed by atoms with Gasteiger partial charge in [-0.2, -0.15) is 5.10 Å². The number of halogens is 1. The van der Waals surface area contributed by atoms with Crippen molar-refractivity contribution in [2.24, 2.45) is 5.92 Å². The Morgan fingerprint density at radius 3 is 2.73 bits per heavy atom. The maximum absolute atomic E-state index is 6.21. The summed E-state index contributed by atoms with van der Waals surface area (Å²) >= 11 is 11.8.